The standard InChI is InChI=1S/C18H17N3O/c19-13-5-7-14(8-6-13)22-16-9-10-20-18-17(16)15-4-2-1-3-12(15)11-21-18/h5-11H,1-4,19H2. The van der Waals surface area contributed by atoms with Gasteiger partial charge in [-0.1, -0.05) is 0 Å². The molecule has 0 saturated carbocycles. The molecule has 2 aromatic heterocycles. The number of anilines is 1. The highest BCUT2D eigenvalue weighted by Crippen LogP contribution is 2.35. The van der Waals surface area contributed by atoms with Crippen LogP contribution in [0.15, 0.2) is 42.7 Å². The molecule has 0 bridgehead atoms. The number of benzene rings is 1. The molecule has 1 aromatic carbocycles. The van der Waals surface area contributed by atoms with E-state index in [4.69, 9.17) is 10.5 Å². The summed E-state index contributed by atoms with van der Waals surface area (Å²) in [5, 5.41) is 1.05. The molecule has 1 aliphatic carbocycles. The molecule has 4 rings (SSSR count). The molecular weight excluding hydrogens is 274 g/mol. The van der Waals surface area contributed by atoms with Crippen molar-refractivity contribution in [1.82, 2.24) is 9.97 Å². The highest BCUT2D eigenvalue weighted by atomic mass is 16.5. The Bertz CT molecular complexity index is 828. The topological polar surface area (TPSA) is 61.0 Å². The molecule has 4 nitrogen and oxygen atoms in total. The summed E-state index contributed by atoms with van der Waals surface area (Å²) in [6.07, 6.45) is 8.32. The number of ether oxygens (including phenoxy) is 1. The summed E-state index contributed by atoms with van der Waals surface area (Å²) < 4.78 is 6.08. The summed E-state index contributed by atoms with van der Waals surface area (Å²) in [5.74, 6) is 1.59. The first kappa shape index (κ1) is 13.1. The van der Waals surface area contributed by atoms with Crippen LogP contribution in [0.1, 0.15) is 24.0 Å². The number of hydrogen-bond acceptors (Lipinski definition) is 4. The summed E-state index contributed by atoms with van der Waals surface area (Å²) in [7, 11) is 0. The molecule has 2 heterocycles. The van der Waals surface area contributed by atoms with E-state index >= 15 is 0 Å². The van der Waals surface area contributed by atoms with Gasteiger partial charge in [-0.2, -0.15) is 0 Å². The minimum atomic E-state index is 0.728. The van der Waals surface area contributed by atoms with Gasteiger partial charge in [0, 0.05) is 18.1 Å². The van der Waals surface area contributed by atoms with Gasteiger partial charge in [-0.05, 0) is 67.1 Å². The molecule has 1 aliphatic rings. The van der Waals surface area contributed by atoms with Crippen LogP contribution in [0.5, 0.6) is 11.5 Å². The maximum Gasteiger partial charge on any atom is 0.163 e. The van der Waals surface area contributed by atoms with Crippen molar-refractivity contribution in [2.75, 3.05) is 5.73 Å². The van der Waals surface area contributed by atoms with Crippen LogP contribution in [0, 0.1) is 0 Å². The van der Waals surface area contributed by atoms with E-state index in [0.717, 1.165) is 41.1 Å². The van der Waals surface area contributed by atoms with E-state index in [0.29, 0.717) is 0 Å². The molecule has 0 unspecified atom stereocenters. The number of pyridine rings is 2. The van der Waals surface area contributed by atoms with Gasteiger partial charge in [0.15, 0.2) is 5.65 Å². The maximum absolute atomic E-state index is 6.08. The van der Waals surface area contributed by atoms with Crippen molar-refractivity contribution in [2.45, 2.75) is 25.7 Å². The number of rotatable bonds is 2. The van der Waals surface area contributed by atoms with Gasteiger partial charge < -0.3 is 10.5 Å². The SMILES string of the molecule is Nc1ccc(Oc2ccnc3ncc4c(c23)CCCC4)cc1. The molecule has 110 valence electrons. The lowest BCUT2D eigenvalue weighted by atomic mass is 9.91. The predicted octanol–water partition coefficient (Wildman–Crippen LogP) is 3.88. The minimum Gasteiger partial charge on any atom is -0.457 e. The van der Waals surface area contributed by atoms with Crippen LogP contribution in [0.25, 0.3) is 11.0 Å². The first-order valence-electron chi connectivity index (χ1n) is 7.60. The van der Waals surface area contributed by atoms with Gasteiger partial charge in [0.1, 0.15) is 11.5 Å². The van der Waals surface area contributed by atoms with Crippen LogP contribution in [0.4, 0.5) is 5.69 Å². The molecule has 0 spiro atoms. The summed E-state index contributed by atoms with van der Waals surface area (Å²) >= 11 is 0. The van der Waals surface area contributed by atoms with Gasteiger partial charge in [-0.3, -0.25) is 0 Å². The molecule has 0 amide bonds. The lowest BCUT2D eigenvalue weighted by molar-refractivity contribution is 0.487. The average molecular weight is 291 g/mol. The fourth-order valence-corrected chi connectivity index (χ4v) is 3.06. The van der Waals surface area contributed by atoms with Gasteiger partial charge in [-0.25, -0.2) is 9.97 Å². The van der Waals surface area contributed by atoms with Crippen LogP contribution >= 0.6 is 0 Å². The van der Waals surface area contributed by atoms with E-state index in [1.54, 1.807) is 6.20 Å². The fraction of sp³-hybridized carbons (Fsp3) is 0.222. The zero-order chi connectivity index (χ0) is 14.9. The smallest absolute Gasteiger partial charge is 0.163 e. The van der Waals surface area contributed by atoms with Crippen LogP contribution in [0.2, 0.25) is 0 Å². The summed E-state index contributed by atoms with van der Waals surface area (Å²) in [5.41, 5.74) is 9.88. The monoisotopic (exact) mass is 291 g/mol. The number of nitrogens with zero attached hydrogens (tertiary/aromatic N) is 2. The number of nitrogen functional groups attached to an aromatic ring is 1. The molecule has 4 heteroatoms. The summed E-state index contributed by atoms with van der Waals surface area (Å²) in [6.45, 7) is 0. The first-order chi connectivity index (χ1) is 10.8. The Balaban J connectivity index is 1.84. The number of aryl methyl sites for hydroxylation is 2. The second-order valence-corrected chi connectivity index (χ2v) is 5.65. The number of hydrogen-bond donors (Lipinski definition) is 1. The van der Waals surface area contributed by atoms with Gasteiger partial charge in [0.05, 0.1) is 5.39 Å². The quantitative estimate of drug-likeness (QED) is 0.728. The lowest BCUT2D eigenvalue weighted by Crippen LogP contribution is -2.05. The van der Waals surface area contributed by atoms with Crippen LogP contribution in [-0.4, -0.2) is 9.97 Å². The molecule has 0 fully saturated rings. The fourth-order valence-electron chi connectivity index (χ4n) is 3.06. The van der Waals surface area contributed by atoms with Gasteiger partial charge >= 0.3 is 0 Å². The van der Waals surface area contributed by atoms with Crippen molar-refractivity contribution in [1.29, 1.82) is 0 Å². The van der Waals surface area contributed by atoms with Crippen LogP contribution in [-0.2, 0) is 12.8 Å². The van der Waals surface area contributed by atoms with Crippen molar-refractivity contribution in [3.63, 3.8) is 0 Å². The minimum absolute atomic E-state index is 0.728. The maximum atomic E-state index is 6.08. The largest absolute Gasteiger partial charge is 0.457 e. The Labute approximate surface area is 129 Å². The Morgan fingerprint density at radius 3 is 2.64 bits per heavy atom. The second-order valence-electron chi connectivity index (χ2n) is 5.65. The number of nitrogens with two attached hydrogens (primary N) is 1. The second kappa shape index (κ2) is 5.30. The first-order valence-corrected chi connectivity index (χ1v) is 7.60. The van der Waals surface area contributed by atoms with E-state index in [2.05, 4.69) is 9.97 Å². The normalized spacial score (nSPS) is 13.8. The lowest BCUT2D eigenvalue weighted by Gasteiger charge is -2.18. The number of aromatic nitrogens is 2. The van der Waals surface area contributed by atoms with Crippen molar-refractivity contribution in [3.8, 4) is 11.5 Å². The van der Waals surface area contributed by atoms with Crippen LogP contribution < -0.4 is 10.5 Å². The number of fused-ring (bicyclic) bond motifs is 3. The average Bonchev–Trinajstić information content (AvgIpc) is 2.57. The van der Waals surface area contributed by atoms with Gasteiger partial charge in [-0.15, -0.1) is 0 Å². The third kappa shape index (κ3) is 2.26. The molecule has 0 radical (unpaired) electrons. The van der Waals surface area contributed by atoms with Gasteiger partial charge in [0.2, 0.25) is 0 Å². The zero-order valence-electron chi connectivity index (χ0n) is 12.2. The van der Waals surface area contributed by atoms with Crippen molar-refractivity contribution < 1.29 is 4.74 Å². The molecule has 2 N–H and O–H groups in total. The van der Waals surface area contributed by atoms with E-state index in [9.17, 15) is 0 Å². The molecule has 0 atom stereocenters. The predicted molar refractivity (Wildman–Crippen MR) is 87.1 cm³/mol. The Hall–Kier alpha value is -2.62. The third-order valence-corrected chi connectivity index (χ3v) is 4.16. The summed E-state index contributed by atoms with van der Waals surface area (Å²) in [6, 6.07) is 9.35. The molecule has 3 aromatic rings. The van der Waals surface area contributed by atoms with E-state index in [1.165, 1.54) is 24.0 Å². The highest BCUT2D eigenvalue weighted by molar-refractivity contribution is 5.86. The van der Waals surface area contributed by atoms with E-state index < -0.39 is 0 Å². The molecule has 22 heavy (non-hydrogen) atoms. The van der Waals surface area contributed by atoms with Crippen LogP contribution in [0.3, 0.4) is 0 Å². The third-order valence-electron chi connectivity index (χ3n) is 4.16. The molecular formula is C18H17N3O. The van der Waals surface area contributed by atoms with E-state index in [-0.39, 0.29) is 0 Å². The highest BCUT2D eigenvalue weighted by Gasteiger charge is 2.17. The Morgan fingerprint density at radius 2 is 1.77 bits per heavy atom. The van der Waals surface area contributed by atoms with Crippen molar-refractivity contribution >= 4 is 16.7 Å². The molecule has 0 aliphatic heterocycles. The van der Waals surface area contributed by atoms with Gasteiger partial charge in [0.25, 0.3) is 0 Å². The Morgan fingerprint density at radius 1 is 0.955 bits per heavy atom. The summed E-state index contributed by atoms with van der Waals surface area (Å²) in [4.78, 5) is 8.89. The Kier molecular flexibility index (Phi) is 3.15. The van der Waals surface area contributed by atoms with Crippen molar-refractivity contribution in [3.05, 3.63) is 53.9 Å². The van der Waals surface area contributed by atoms with E-state index in [1.807, 2.05) is 36.5 Å². The zero-order valence-corrected chi connectivity index (χ0v) is 12.2. The molecule has 0 saturated heterocycles. The van der Waals surface area contributed by atoms with Crippen molar-refractivity contribution in [2.24, 2.45) is 0 Å².